The number of unbranched alkanes of at least 4 members (excludes halogenated alkanes) is 1. The number of ketones is 1. The van der Waals surface area contributed by atoms with Crippen LogP contribution >= 0.6 is 15.9 Å². The Kier molecular flexibility index (Phi) is 6.41. The van der Waals surface area contributed by atoms with Crippen LogP contribution < -0.4 is 0 Å². The molecule has 0 radical (unpaired) electrons. The van der Waals surface area contributed by atoms with Crippen LogP contribution in [0, 0.1) is 5.92 Å². The van der Waals surface area contributed by atoms with Crippen molar-refractivity contribution < 1.29 is 4.79 Å². The fourth-order valence-corrected chi connectivity index (χ4v) is 2.09. The molecular formula is C14H20BrNO. The Morgan fingerprint density at radius 2 is 2.18 bits per heavy atom. The van der Waals surface area contributed by atoms with Crippen LogP contribution in [0.3, 0.4) is 0 Å². The Hall–Kier alpha value is -0.700. The molecule has 1 heterocycles. The predicted molar refractivity (Wildman–Crippen MR) is 74.2 cm³/mol. The van der Waals surface area contributed by atoms with Crippen molar-refractivity contribution in [3.63, 3.8) is 0 Å². The van der Waals surface area contributed by atoms with Gasteiger partial charge < -0.3 is 0 Å². The van der Waals surface area contributed by atoms with E-state index in [9.17, 15) is 4.79 Å². The van der Waals surface area contributed by atoms with Crippen LogP contribution in [0.15, 0.2) is 22.8 Å². The molecule has 0 aliphatic rings. The summed E-state index contributed by atoms with van der Waals surface area (Å²) in [6, 6.07) is 3.66. The number of carbonyl (C=O) groups excluding carboxylic acids is 1. The average Bonchev–Trinajstić information content (AvgIpc) is 2.35. The minimum absolute atomic E-state index is 0.167. The molecule has 0 spiro atoms. The maximum Gasteiger partial charge on any atom is 0.181 e. The Bertz CT molecular complexity index is 348. The number of Topliss-reactive ketones (excluding diaryl/α,β-unsaturated/α-hetero) is 1. The number of hydrogen-bond donors (Lipinski definition) is 0. The summed E-state index contributed by atoms with van der Waals surface area (Å²) >= 11 is 3.32. The molecule has 1 rings (SSSR count). The number of nitrogens with zero attached hydrogens (tertiary/aromatic N) is 1. The van der Waals surface area contributed by atoms with Crippen molar-refractivity contribution in [2.24, 2.45) is 5.92 Å². The van der Waals surface area contributed by atoms with Gasteiger partial charge in [0.2, 0.25) is 0 Å². The summed E-state index contributed by atoms with van der Waals surface area (Å²) < 4.78 is 0.909. The van der Waals surface area contributed by atoms with Gasteiger partial charge in [-0.25, -0.2) is 0 Å². The molecule has 1 aromatic rings. The summed E-state index contributed by atoms with van der Waals surface area (Å²) in [5, 5.41) is 0. The summed E-state index contributed by atoms with van der Waals surface area (Å²) in [6.07, 6.45) is 6.93. The van der Waals surface area contributed by atoms with Crippen LogP contribution in [0.25, 0.3) is 0 Å². The van der Waals surface area contributed by atoms with Crippen LogP contribution in [-0.2, 0) is 0 Å². The Morgan fingerprint density at radius 3 is 2.71 bits per heavy atom. The lowest BCUT2D eigenvalue weighted by Gasteiger charge is -2.12. The predicted octanol–water partition coefficient (Wildman–Crippen LogP) is 4.63. The van der Waals surface area contributed by atoms with Crippen LogP contribution in [0.4, 0.5) is 0 Å². The molecule has 0 aromatic carbocycles. The van der Waals surface area contributed by atoms with Crippen molar-refractivity contribution in [2.75, 3.05) is 0 Å². The van der Waals surface area contributed by atoms with Gasteiger partial charge in [0.15, 0.2) is 5.78 Å². The summed E-state index contributed by atoms with van der Waals surface area (Å²) in [4.78, 5) is 16.2. The third-order valence-corrected chi connectivity index (χ3v) is 3.50. The minimum Gasteiger partial charge on any atom is -0.292 e. The maximum atomic E-state index is 12.0. The molecule has 0 N–H and O–H groups in total. The first-order valence-electron chi connectivity index (χ1n) is 6.32. The van der Waals surface area contributed by atoms with E-state index in [0.717, 1.165) is 17.3 Å². The van der Waals surface area contributed by atoms with Gasteiger partial charge in [-0.05, 0) is 34.0 Å². The first-order valence-corrected chi connectivity index (χ1v) is 7.11. The van der Waals surface area contributed by atoms with E-state index in [1.807, 2.05) is 6.07 Å². The lowest BCUT2D eigenvalue weighted by Crippen LogP contribution is -2.09. The van der Waals surface area contributed by atoms with Crippen molar-refractivity contribution in [1.82, 2.24) is 4.98 Å². The highest BCUT2D eigenvalue weighted by Crippen LogP contribution is 2.19. The van der Waals surface area contributed by atoms with Crippen LogP contribution in [-0.4, -0.2) is 10.8 Å². The van der Waals surface area contributed by atoms with Gasteiger partial charge in [0.05, 0.1) is 0 Å². The van der Waals surface area contributed by atoms with Gasteiger partial charge in [0.1, 0.15) is 5.69 Å². The van der Waals surface area contributed by atoms with Gasteiger partial charge in [-0.2, -0.15) is 0 Å². The molecule has 0 aliphatic carbocycles. The number of hydrogen-bond acceptors (Lipinski definition) is 2. The molecule has 0 amide bonds. The van der Waals surface area contributed by atoms with Crippen LogP contribution in [0.2, 0.25) is 0 Å². The van der Waals surface area contributed by atoms with E-state index in [1.165, 1.54) is 12.8 Å². The summed E-state index contributed by atoms with van der Waals surface area (Å²) in [5.41, 5.74) is 0.586. The molecule has 1 aromatic heterocycles. The van der Waals surface area contributed by atoms with E-state index in [2.05, 4.69) is 34.8 Å². The number of aromatic nitrogens is 1. The highest BCUT2D eigenvalue weighted by molar-refractivity contribution is 9.10. The summed E-state index contributed by atoms with van der Waals surface area (Å²) in [7, 11) is 0. The normalized spacial score (nSPS) is 12.4. The Morgan fingerprint density at radius 1 is 1.41 bits per heavy atom. The number of carbonyl (C=O) groups is 1. The first kappa shape index (κ1) is 14.4. The molecule has 0 bridgehead atoms. The molecule has 0 saturated heterocycles. The van der Waals surface area contributed by atoms with E-state index >= 15 is 0 Å². The lowest BCUT2D eigenvalue weighted by atomic mass is 9.93. The van der Waals surface area contributed by atoms with Crippen LogP contribution in [0.5, 0.6) is 0 Å². The Balaban J connectivity index is 2.54. The van der Waals surface area contributed by atoms with Gasteiger partial charge in [-0.3, -0.25) is 9.78 Å². The van der Waals surface area contributed by atoms with Gasteiger partial charge in [-0.15, -0.1) is 0 Å². The second-order valence-electron chi connectivity index (χ2n) is 4.41. The molecular weight excluding hydrogens is 278 g/mol. The largest absolute Gasteiger partial charge is 0.292 e. The van der Waals surface area contributed by atoms with Crippen molar-refractivity contribution >= 4 is 21.7 Å². The van der Waals surface area contributed by atoms with Crippen molar-refractivity contribution in [1.29, 1.82) is 0 Å². The molecule has 3 heteroatoms. The van der Waals surface area contributed by atoms with Gasteiger partial charge in [0, 0.05) is 17.1 Å². The van der Waals surface area contributed by atoms with Crippen molar-refractivity contribution in [3.8, 4) is 0 Å². The molecule has 94 valence electrons. The number of pyridine rings is 1. The molecule has 1 atom stereocenters. The average molecular weight is 298 g/mol. The van der Waals surface area contributed by atoms with E-state index in [-0.39, 0.29) is 5.78 Å². The highest BCUT2D eigenvalue weighted by atomic mass is 79.9. The molecule has 1 unspecified atom stereocenters. The summed E-state index contributed by atoms with van der Waals surface area (Å²) in [5.74, 6) is 0.674. The third kappa shape index (κ3) is 4.99. The number of rotatable bonds is 7. The van der Waals surface area contributed by atoms with Crippen molar-refractivity contribution in [2.45, 2.75) is 46.0 Å². The van der Waals surface area contributed by atoms with E-state index < -0.39 is 0 Å². The van der Waals surface area contributed by atoms with E-state index in [4.69, 9.17) is 0 Å². The maximum absolute atomic E-state index is 12.0. The monoisotopic (exact) mass is 297 g/mol. The molecule has 2 nitrogen and oxygen atoms in total. The zero-order valence-corrected chi connectivity index (χ0v) is 12.2. The smallest absolute Gasteiger partial charge is 0.181 e. The zero-order valence-electron chi connectivity index (χ0n) is 10.6. The fourth-order valence-electron chi connectivity index (χ4n) is 1.85. The zero-order chi connectivity index (χ0) is 12.7. The highest BCUT2D eigenvalue weighted by Gasteiger charge is 2.14. The SMILES string of the molecule is CCCCC(CC)CC(=O)c1ccc(Br)cn1. The molecule has 0 saturated carbocycles. The second-order valence-corrected chi connectivity index (χ2v) is 5.32. The van der Waals surface area contributed by atoms with Gasteiger partial charge in [-0.1, -0.05) is 39.5 Å². The minimum atomic E-state index is 0.167. The topological polar surface area (TPSA) is 30.0 Å². The molecule has 0 fully saturated rings. The third-order valence-electron chi connectivity index (χ3n) is 3.03. The van der Waals surface area contributed by atoms with Crippen LogP contribution in [0.1, 0.15) is 56.4 Å². The van der Waals surface area contributed by atoms with Crippen molar-refractivity contribution in [3.05, 3.63) is 28.5 Å². The molecule has 17 heavy (non-hydrogen) atoms. The number of halogens is 1. The first-order chi connectivity index (χ1) is 8.17. The standard InChI is InChI=1S/C14H20BrNO/c1-3-5-6-11(4-2)9-14(17)13-8-7-12(15)10-16-13/h7-8,10-11H,3-6,9H2,1-2H3. The van der Waals surface area contributed by atoms with E-state index in [1.54, 1.807) is 12.3 Å². The second kappa shape index (κ2) is 7.59. The quantitative estimate of drug-likeness (QED) is 0.687. The van der Waals surface area contributed by atoms with Gasteiger partial charge in [0.25, 0.3) is 0 Å². The van der Waals surface area contributed by atoms with E-state index in [0.29, 0.717) is 18.0 Å². The molecule has 0 aliphatic heterocycles. The van der Waals surface area contributed by atoms with Gasteiger partial charge >= 0.3 is 0 Å². The fraction of sp³-hybridized carbons (Fsp3) is 0.571. The lowest BCUT2D eigenvalue weighted by molar-refractivity contribution is 0.0952. The summed E-state index contributed by atoms with van der Waals surface area (Å²) in [6.45, 7) is 4.34. The Labute approximate surface area is 112 Å².